The molecule has 2 nitrogen and oxygen atoms in total. The fraction of sp³-hybridized carbons (Fsp3) is 1.00. The zero-order valence-electron chi connectivity index (χ0n) is 6.62. The highest BCUT2D eigenvalue weighted by molar-refractivity contribution is 5.85. The van der Waals surface area contributed by atoms with Crippen molar-refractivity contribution in [1.82, 2.24) is 5.32 Å². The zero-order valence-corrected chi connectivity index (χ0v) is 7.44. The second-order valence-electron chi connectivity index (χ2n) is 3.58. The number of aliphatic hydroxyl groups is 1. The number of nitrogens with one attached hydrogen (secondary N) is 1. The Kier molecular flexibility index (Phi) is 3.16. The van der Waals surface area contributed by atoms with E-state index < -0.39 is 0 Å². The van der Waals surface area contributed by atoms with Gasteiger partial charge in [-0.2, -0.15) is 0 Å². The average Bonchev–Trinajstić information content (AvgIpc) is 2.36. The first-order valence-electron chi connectivity index (χ1n) is 4.26. The molecule has 0 aromatic heterocycles. The van der Waals surface area contributed by atoms with Crippen molar-refractivity contribution in [2.24, 2.45) is 11.8 Å². The molecule has 1 heterocycles. The van der Waals surface area contributed by atoms with Crippen molar-refractivity contribution in [3.63, 3.8) is 0 Å². The number of aliphatic hydroxyl groups excluding tert-OH is 1. The van der Waals surface area contributed by atoms with Crippen LogP contribution >= 0.6 is 12.4 Å². The van der Waals surface area contributed by atoms with E-state index in [1.807, 2.05) is 0 Å². The number of halogens is 1. The summed E-state index contributed by atoms with van der Waals surface area (Å²) in [6.45, 7) is 2.19. The van der Waals surface area contributed by atoms with Crippen LogP contribution in [0.2, 0.25) is 0 Å². The van der Waals surface area contributed by atoms with Gasteiger partial charge >= 0.3 is 0 Å². The Balaban J connectivity index is 0.000000605. The zero-order chi connectivity index (χ0) is 6.97. The molecule has 0 aromatic carbocycles. The first-order valence-corrected chi connectivity index (χ1v) is 4.26. The lowest BCUT2D eigenvalue weighted by molar-refractivity contribution is 0.0563. The van der Waals surface area contributed by atoms with Gasteiger partial charge in [0.15, 0.2) is 0 Å². The van der Waals surface area contributed by atoms with Crippen LogP contribution < -0.4 is 5.32 Å². The first kappa shape index (κ1) is 9.30. The molecule has 0 aromatic rings. The van der Waals surface area contributed by atoms with Gasteiger partial charge in [0.2, 0.25) is 0 Å². The van der Waals surface area contributed by atoms with Crippen molar-refractivity contribution >= 4 is 12.4 Å². The number of fused-ring (bicyclic) bond motifs is 1. The number of hydrogen-bond acceptors (Lipinski definition) is 2. The quantitative estimate of drug-likeness (QED) is 0.574. The van der Waals surface area contributed by atoms with Gasteiger partial charge in [0.25, 0.3) is 0 Å². The van der Waals surface area contributed by atoms with Crippen LogP contribution in [0.5, 0.6) is 0 Å². The molecular formula is C8H16ClNO. The smallest absolute Gasteiger partial charge is 0.0583 e. The summed E-state index contributed by atoms with van der Waals surface area (Å²) in [5.74, 6) is 1.36. The topological polar surface area (TPSA) is 32.3 Å². The highest BCUT2D eigenvalue weighted by atomic mass is 35.5. The van der Waals surface area contributed by atoms with Crippen LogP contribution in [0.1, 0.15) is 19.3 Å². The molecule has 3 unspecified atom stereocenters. The van der Waals surface area contributed by atoms with Crippen LogP contribution in [-0.4, -0.2) is 24.3 Å². The lowest BCUT2D eigenvalue weighted by Crippen LogP contribution is -2.31. The molecule has 0 amide bonds. The molecule has 66 valence electrons. The highest BCUT2D eigenvalue weighted by Crippen LogP contribution is 2.32. The Bertz CT molecular complexity index is 131. The van der Waals surface area contributed by atoms with Gasteiger partial charge < -0.3 is 10.4 Å². The lowest BCUT2D eigenvalue weighted by Gasteiger charge is -2.28. The van der Waals surface area contributed by atoms with E-state index in [-0.39, 0.29) is 18.5 Å². The Morgan fingerprint density at radius 2 is 2.00 bits per heavy atom. The van der Waals surface area contributed by atoms with Gasteiger partial charge in [0.1, 0.15) is 0 Å². The lowest BCUT2D eigenvalue weighted by atomic mass is 9.80. The van der Waals surface area contributed by atoms with Crippen molar-refractivity contribution in [2.45, 2.75) is 25.4 Å². The van der Waals surface area contributed by atoms with E-state index in [0.29, 0.717) is 5.92 Å². The third-order valence-corrected chi connectivity index (χ3v) is 2.96. The number of rotatable bonds is 0. The molecule has 0 bridgehead atoms. The normalized spacial score (nSPS) is 42.8. The van der Waals surface area contributed by atoms with Gasteiger partial charge in [-0.05, 0) is 25.3 Å². The van der Waals surface area contributed by atoms with Gasteiger partial charge in [-0.3, -0.25) is 0 Å². The third kappa shape index (κ3) is 1.68. The Morgan fingerprint density at radius 3 is 2.73 bits per heavy atom. The second-order valence-corrected chi connectivity index (χ2v) is 3.58. The summed E-state index contributed by atoms with van der Waals surface area (Å²) in [4.78, 5) is 0. The molecule has 0 spiro atoms. The van der Waals surface area contributed by atoms with Crippen LogP contribution in [0.3, 0.4) is 0 Å². The van der Waals surface area contributed by atoms with E-state index in [2.05, 4.69) is 5.32 Å². The van der Waals surface area contributed by atoms with Gasteiger partial charge in [-0.15, -0.1) is 12.4 Å². The predicted molar refractivity (Wildman–Crippen MR) is 47.0 cm³/mol. The molecule has 1 saturated carbocycles. The van der Waals surface area contributed by atoms with E-state index in [1.165, 1.54) is 12.8 Å². The Hall–Kier alpha value is 0.210. The van der Waals surface area contributed by atoms with E-state index in [1.54, 1.807) is 0 Å². The Labute approximate surface area is 73.8 Å². The highest BCUT2D eigenvalue weighted by Gasteiger charge is 2.35. The monoisotopic (exact) mass is 177 g/mol. The minimum Gasteiger partial charge on any atom is -0.393 e. The molecule has 2 N–H and O–H groups in total. The van der Waals surface area contributed by atoms with Gasteiger partial charge in [0.05, 0.1) is 6.10 Å². The molecule has 2 aliphatic rings. The predicted octanol–water partition coefficient (Wildman–Crippen LogP) is 0.789. The molecule has 2 rings (SSSR count). The van der Waals surface area contributed by atoms with E-state index in [9.17, 15) is 5.11 Å². The van der Waals surface area contributed by atoms with Gasteiger partial charge in [-0.25, -0.2) is 0 Å². The molecule has 3 heteroatoms. The summed E-state index contributed by atoms with van der Waals surface area (Å²) in [5, 5.41) is 12.9. The maximum absolute atomic E-state index is 9.54. The third-order valence-electron chi connectivity index (χ3n) is 2.96. The van der Waals surface area contributed by atoms with Crippen LogP contribution in [-0.2, 0) is 0 Å². The molecular weight excluding hydrogens is 162 g/mol. The average molecular weight is 178 g/mol. The van der Waals surface area contributed by atoms with Crippen LogP contribution in [0, 0.1) is 11.8 Å². The van der Waals surface area contributed by atoms with E-state index in [0.717, 1.165) is 25.4 Å². The summed E-state index contributed by atoms with van der Waals surface area (Å²) >= 11 is 0. The fourth-order valence-electron chi connectivity index (χ4n) is 2.32. The van der Waals surface area contributed by atoms with Crippen molar-refractivity contribution < 1.29 is 5.11 Å². The van der Waals surface area contributed by atoms with Crippen LogP contribution in [0.25, 0.3) is 0 Å². The van der Waals surface area contributed by atoms with Crippen molar-refractivity contribution in [3.05, 3.63) is 0 Å². The summed E-state index contributed by atoms with van der Waals surface area (Å²) in [5.41, 5.74) is 0. The second kappa shape index (κ2) is 3.74. The Morgan fingerprint density at radius 1 is 1.18 bits per heavy atom. The minimum absolute atomic E-state index is 0. The molecule has 1 saturated heterocycles. The van der Waals surface area contributed by atoms with E-state index in [4.69, 9.17) is 0 Å². The number of hydrogen-bond donors (Lipinski definition) is 2. The summed E-state index contributed by atoms with van der Waals surface area (Å²) in [7, 11) is 0. The molecule has 0 radical (unpaired) electrons. The van der Waals surface area contributed by atoms with Crippen LogP contribution in [0.15, 0.2) is 0 Å². The van der Waals surface area contributed by atoms with Crippen molar-refractivity contribution in [3.8, 4) is 0 Å². The fourth-order valence-corrected chi connectivity index (χ4v) is 2.32. The molecule has 2 fully saturated rings. The van der Waals surface area contributed by atoms with E-state index >= 15 is 0 Å². The first-order chi connectivity index (χ1) is 4.88. The molecule has 11 heavy (non-hydrogen) atoms. The maximum Gasteiger partial charge on any atom is 0.0583 e. The summed E-state index contributed by atoms with van der Waals surface area (Å²) < 4.78 is 0. The van der Waals surface area contributed by atoms with Gasteiger partial charge in [0, 0.05) is 12.5 Å². The molecule has 1 aliphatic carbocycles. The SMILES string of the molecule is Cl.OC1CCCC2CNCC12. The van der Waals surface area contributed by atoms with Crippen LogP contribution in [0.4, 0.5) is 0 Å². The largest absolute Gasteiger partial charge is 0.393 e. The maximum atomic E-state index is 9.54. The molecule has 1 aliphatic heterocycles. The minimum atomic E-state index is -0.00579. The standard InChI is InChI=1S/C8H15NO.ClH/c10-8-3-1-2-6-4-9-5-7(6)8;/h6-10H,1-5H2;1H. The summed E-state index contributed by atoms with van der Waals surface area (Å²) in [6.07, 6.45) is 3.58. The summed E-state index contributed by atoms with van der Waals surface area (Å²) in [6, 6.07) is 0. The van der Waals surface area contributed by atoms with Crippen molar-refractivity contribution in [2.75, 3.05) is 13.1 Å². The van der Waals surface area contributed by atoms with Gasteiger partial charge in [-0.1, -0.05) is 6.42 Å². The molecule has 3 atom stereocenters. The van der Waals surface area contributed by atoms with Crippen molar-refractivity contribution in [1.29, 1.82) is 0 Å².